The number of aromatic nitrogens is 4. The van der Waals surface area contributed by atoms with E-state index < -0.39 is 0 Å². The van der Waals surface area contributed by atoms with Crippen LogP contribution in [0.5, 0.6) is 5.75 Å². The fraction of sp³-hybridized carbons (Fsp3) is 0.250. The van der Waals surface area contributed by atoms with Crippen LogP contribution in [0.1, 0.15) is 39.8 Å². The molecule has 1 aliphatic carbocycles. The zero-order chi connectivity index (χ0) is 21.4. The highest BCUT2D eigenvalue weighted by Gasteiger charge is 2.32. The van der Waals surface area contributed by atoms with Crippen molar-refractivity contribution >= 4 is 11.4 Å². The smallest absolute Gasteiger partial charge is 0.185 e. The molecule has 0 amide bonds. The Hall–Kier alpha value is -3.58. The van der Waals surface area contributed by atoms with E-state index in [1.54, 1.807) is 18.7 Å². The molecule has 0 saturated heterocycles. The molecule has 4 aromatic rings. The number of hydrogen-bond acceptors (Lipinski definition) is 6. The molecule has 1 atom stereocenters. The fourth-order valence-corrected chi connectivity index (χ4v) is 4.26. The molecule has 7 heteroatoms. The van der Waals surface area contributed by atoms with Crippen LogP contribution in [0, 0.1) is 0 Å². The van der Waals surface area contributed by atoms with Gasteiger partial charge in [-0.1, -0.05) is 42.5 Å². The van der Waals surface area contributed by atoms with E-state index in [4.69, 9.17) is 14.6 Å². The van der Waals surface area contributed by atoms with E-state index in [2.05, 4.69) is 10.2 Å². The Balaban J connectivity index is 1.64. The maximum atomic E-state index is 12.9. The van der Waals surface area contributed by atoms with Crippen molar-refractivity contribution in [1.29, 1.82) is 0 Å². The first-order valence-electron chi connectivity index (χ1n) is 10.2. The predicted octanol–water partition coefficient (Wildman–Crippen LogP) is 3.86. The minimum absolute atomic E-state index is 0.0125. The number of Topliss-reactive ketones (excluding diaryl/α,β-unsaturated/α-hetero) is 1. The van der Waals surface area contributed by atoms with Gasteiger partial charge in [-0.2, -0.15) is 5.10 Å². The van der Waals surface area contributed by atoms with Gasteiger partial charge >= 0.3 is 0 Å². The lowest BCUT2D eigenvalue weighted by atomic mass is 9.83. The molecule has 0 bridgehead atoms. The van der Waals surface area contributed by atoms with Crippen LogP contribution in [-0.4, -0.2) is 39.8 Å². The van der Waals surface area contributed by atoms with Gasteiger partial charge in [-0.25, -0.2) is 4.52 Å². The molecule has 0 fully saturated rings. The summed E-state index contributed by atoms with van der Waals surface area (Å²) in [7, 11) is 3.29. The van der Waals surface area contributed by atoms with Crippen LogP contribution in [0.3, 0.4) is 0 Å². The predicted molar refractivity (Wildman–Crippen MR) is 115 cm³/mol. The summed E-state index contributed by atoms with van der Waals surface area (Å²) in [6.45, 7) is 0.345. The molecule has 2 aromatic carbocycles. The van der Waals surface area contributed by atoms with Gasteiger partial charge in [0.1, 0.15) is 5.75 Å². The van der Waals surface area contributed by atoms with Gasteiger partial charge in [-0.15, -0.1) is 10.2 Å². The van der Waals surface area contributed by atoms with Crippen molar-refractivity contribution in [2.75, 3.05) is 14.2 Å². The Bertz CT molecular complexity index is 1250. The number of hydrogen-bond donors (Lipinski definition) is 0. The summed E-state index contributed by atoms with van der Waals surface area (Å²) in [6.07, 6.45) is 1.05. The molecular formula is C24H22N4O3. The Morgan fingerprint density at radius 1 is 1.00 bits per heavy atom. The number of ether oxygens (including phenoxy) is 2. The molecule has 0 spiro atoms. The number of carbonyl (C=O) groups excluding carboxylic acids is 1. The van der Waals surface area contributed by atoms with Crippen LogP contribution in [0.25, 0.3) is 16.8 Å². The standard InChI is InChI=1S/C24H22N4O3/c1-30-14-19-22(16-6-4-3-5-7-16)24-26-25-23-20(28(24)27-19)12-17(13-21(23)29)15-8-10-18(31-2)11-9-15/h3-11,17H,12-14H2,1-2H3/t17-/m1/s1. The van der Waals surface area contributed by atoms with Crippen molar-refractivity contribution in [3.8, 4) is 16.9 Å². The van der Waals surface area contributed by atoms with Gasteiger partial charge in [-0.3, -0.25) is 4.79 Å². The van der Waals surface area contributed by atoms with Crippen molar-refractivity contribution in [1.82, 2.24) is 19.8 Å². The highest BCUT2D eigenvalue weighted by Crippen LogP contribution is 2.35. The average Bonchev–Trinajstić information content (AvgIpc) is 3.18. The molecule has 2 aromatic heterocycles. The first-order valence-corrected chi connectivity index (χ1v) is 10.2. The van der Waals surface area contributed by atoms with E-state index in [9.17, 15) is 4.79 Å². The van der Waals surface area contributed by atoms with Gasteiger partial charge in [-0.05, 0) is 35.6 Å². The monoisotopic (exact) mass is 414 g/mol. The third kappa shape index (κ3) is 3.37. The molecule has 31 heavy (non-hydrogen) atoms. The van der Waals surface area contributed by atoms with Crippen LogP contribution in [0.2, 0.25) is 0 Å². The van der Waals surface area contributed by atoms with E-state index in [0.29, 0.717) is 30.8 Å². The quantitative estimate of drug-likeness (QED) is 0.493. The van der Waals surface area contributed by atoms with Gasteiger partial charge in [0.15, 0.2) is 17.1 Å². The summed E-state index contributed by atoms with van der Waals surface area (Å²) in [6, 6.07) is 17.8. The van der Waals surface area contributed by atoms with Crippen molar-refractivity contribution < 1.29 is 14.3 Å². The van der Waals surface area contributed by atoms with Crippen LogP contribution >= 0.6 is 0 Å². The normalized spacial score (nSPS) is 15.8. The number of fused-ring (bicyclic) bond motifs is 3. The molecule has 1 aliphatic rings. The average molecular weight is 414 g/mol. The molecule has 0 aliphatic heterocycles. The summed E-state index contributed by atoms with van der Waals surface area (Å²) >= 11 is 0. The zero-order valence-corrected chi connectivity index (χ0v) is 17.4. The van der Waals surface area contributed by atoms with E-state index in [-0.39, 0.29) is 11.7 Å². The van der Waals surface area contributed by atoms with E-state index in [1.165, 1.54) is 0 Å². The Morgan fingerprint density at radius 2 is 1.77 bits per heavy atom. The second kappa shape index (κ2) is 7.92. The first-order chi connectivity index (χ1) is 15.2. The molecule has 0 N–H and O–H groups in total. The third-order valence-electron chi connectivity index (χ3n) is 5.77. The Labute approximate surface area is 179 Å². The minimum Gasteiger partial charge on any atom is -0.497 e. The molecule has 0 radical (unpaired) electrons. The Morgan fingerprint density at radius 3 is 2.48 bits per heavy atom. The van der Waals surface area contributed by atoms with Gasteiger partial charge in [0.2, 0.25) is 0 Å². The van der Waals surface area contributed by atoms with Crippen molar-refractivity contribution in [3.05, 3.63) is 77.2 Å². The van der Waals surface area contributed by atoms with E-state index >= 15 is 0 Å². The topological polar surface area (TPSA) is 78.6 Å². The molecule has 7 nitrogen and oxygen atoms in total. The summed E-state index contributed by atoms with van der Waals surface area (Å²) in [4.78, 5) is 12.9. The highest BCUT2D eigenvalue weighted by atomic mass is 16.5. The first kappa shape index (κ1) is 19.4. The number of rotatable bonds is 5. The summed E-state index contributed by atoms with van der Waals surface area (Å²) in [5.74, 6) is 0.832. The van der Waals surface area contributed by atoms with E-state index in [1.807, 2.05) is 54.6 Å². The molecule has 156 valence electrons. The van der Waals surface area contributed by atoms with Gasteiger partial charge < -0.3 is 9.47 Å². The SMILES string of the molecule is COCc1nn2c3c(nnc2c1-c1ccccc1)C(=O)C[C@H](c1ccc(OC)cc1)C3. The Kier molecular flexibility index (Phi) is 4.95. The molecule has 0 saturated carbocycles. The largest absolute Gasteiger partial charge is 0.497 e. The molecule has 0 unspecified atom stereocenters. The van der Waals surface area contributed by atoms with Gasteiger partial charge in [0.05, 0.1) is 30.7 Å². The number of carbonyl (C=O) groups is 1. The highest BCUT2D eigenvalue weighted by molar-refractivity contribution is 5.97. The second-order valence-corrected chi connectivity index (χ2v) is 7.65. The lowest BCUT2D eigenvalue weighted by Crippen LogP contribution is -2.24. The van der Waals surface area contributed by atoms with Gasteiger partial charge in [0, 0.05) is 13.5 Å². The van der Waals surface area contributed by atoms with Crippen molar-refractivity contribution in [2.24, 2.45) is 0 Å². The van der Waals surface area contributed by atoms with Crippen LogP contribution in [0.4, 0.5) is 0 Å². The minimum atomic E-state index is -0.0125. The number of nitrogens with zero attached hydrogens (tertiary/aromatic N) is 4. The van der Waals surface area contributed by atoms with Crippen LogP contribution < -0.4 is 4.74 Å². The van der Waals surface area contributed by atoms with Crippen LogP contribution in [-0.2, 0) is 17.8 Å². The van der Waals surface area contributed by atoms with Crippen LogP contribution in [0.15, 0.2) is 54.6 Å². The molecule has 5 rings (SSSR count). The summed E-state index contributed by atoms with van der Waals surface area (Å²) in [5, 5.41) is 13.5. The maximum Gasteiger partial charge on any atom is 0.185 e. The van der Waals surface area contributed by atoms with E-state index in [0.717, 1.165) is 33.8 Å². The molecular weight excluding hydrogens is 392 g/mol. The van der Waals surface area contributed by atoms with Gasteiger partial charge in [0.25, 0.3) is 0 Å². The lowest BCUT2D eigenvalue weighted by Gasteiger charge is -2.23. The fourth-order valence-electron chi connectivity index (χ4n) is 4.26. The lowest BCUT2D eigenvalue weighted by molar-refractivity contribution is 0.0955. The third-order valence-corrected chi connectivity index (χ3v) is 5.77. The summed E-state index contributed by atoms with van der Waals surface area (Å²) < 4.78 is 12.4. The summed E-state index contributed by atoms with van der Waals surface area (Å²) in [5.41, 5.74) is 5.59. The molecule has 2 heterocycles. The number of ketones is 1. The number of methoxy groups -OCH3 is 2. The second-order valence-electron chi connectivity index (χ2n) is 7.65. The van der Waals surface area contributed by atoms with Crippen molar-refractivity contribution in [3.63, 3.8) is 0 Å². The number of benzene rings is 2. The maximum absolute atomic E-state index is 12.9. The zero-order valence-electron chi connectivity index (χ0n) is 17.4. The van der Waals surface area contributed by atoms with Crippen molar-refractivity contribution in [2.45, 2.75) is 25.4 Å².